The molecule has 0 N–H and O–H groups in total. The van der Waals surface area contributed by atoms with Crippen LogP contribution in [-0.4, -0.2) is 30.4 Å². The lowest BCUT2D eigenvalue weighted by atomic mass is 9.69. The van der Waals surface area contributed by atoms with Crippen molar-refractivity contribution in [3.8, 4) is 0 Å². The van der Waals surface area contributed by atoms with E-state index in [0.29, 0.717) is 12.3 Å². The smallest absolute Gasteiger partial charge is 0.243 e. The summed E-state index contributed by atoms with van der Waals surface area (Å²) in [5.74, 6) is -0.0351. The maximum atomic E-state index is 13.0. The van der Waals surface area contributed by atoms with Crippen LogP contribution >= 0.6 is 0 Å². The van der Waals surface area contributed by atoms with Crippen molar-refractivity contribution in [2.75, 3.05) is 5.75 Å². The van der Waals surface area contributed by atoms with Gasteiger partial charge in [-0.05, 0) is 43.9 Å². The number of fused-ring (bicyclic) bond motifs is 1. The minimum absolute atomic E-state index is 0.00566. The van der Waals surface area contributed by atoms with Crippen molar-refractivity contribution in [2.45, 2.75) is 52.5 Å². The van der Waals surface area contributed by atoms with E-state index in [0.717, 1.165) is 19.3 Å². The number of hydrogen-bond acceptors (Lipinski definition) is 3. The van der Waals surface area contributed by atoms with E-state index in [1.54, 1.807) is 12.2 Å². The molecule has 0 aromatic heterocycles. The first-order chi connectivity index (χ1) is 10.7. The molecule has 0 aromatic rings. The fourth-order valence-corrected chi connectivity index (χ4v) is 8.00. The van der Waals surface area contributed by atoms with Crippen LogP contribution in [0.2, 0.25) is 0 Å². The first-order valence-corrected chi connectivity index (χ1v) is 10.1. The third-order valence-electron chi connectivity index (χ3n) is 6.79. The molecule has 2 saturated carbocycles. The van der Waals surface area contributed by atoms with Crippen LogP contribution in [0.4, 0.5) is 0 Å². The van der Waals surface area contributed by atoms with Crippen LogP contribution in [0.3, 0.4) is 0 Å². The monoisotopic (exact) mass is 337 g/mol. The molecule has 3 fully saturated rings. The third kappa shape index (κ3) is 2.08. The lowest BCUT2D eigenvalue weighted by Crippen LogP contribution is -2.46. The van der Waals surface area contributed by atoms with Gasteiger partial charge in [0.2, 0.25) is 15.9 Å². The van der Waals surface area contributed by atoms with Crippen molar-refractivity contribution in [3.63, 3.8) is 0 Å². The van der Waals surface area contributed by atoms with E-state index in [4.69, 9.17) is 0 Å². The lowest BCUT2D eigenvalue weighted by Gasteiger charge is -2.37. The lowest BCUT2D eigenvalue weighted by molar-refractivity contribution is -0.131. The van der Waals surface area contributed by atoms with Crippen molar-refractivity contribution in [1.82, 2.24) is 4.31 Å². The molecule has 5 heteroatoms. The number of rotatable bonds is 4. The van der Waals surface area contributed by atoms with Crippen molar-refractivity contribution in [1.29, 1.82) is 0 Å². The van der Waals surface area contributed by atoms with Crippen LogP contribution in [-0.2, 0) is 14.8 Å². The number of hydrogen-bond donors (Lipinski definition) is 0. The third-order valence-corrected chi connectivity index (χ3v) is 8.70. The molecule has 4 atom stereocenters. The second kappa shape index (κ2) is 5.20. The highest BCUT2D eigenvalue weighted by Gasteiger charge is 2.72. The van der Waals surface area contributed by atoms with Crippen molar-refractivity contribution in [2.24, 2.45) is 22.7 Å². The number of allylic oxidation sites excluding steroid dienone is 2. The van der Waals surface area contributed by atoms with Gasteiger partial charge in [-0.15, -0.1) is 6.58 Å². The normalized spacial score (nSPS) is 38.0. The summed E-state index contributed by atoms with van der Waals surface area (Å²) in [6, 6.07) is -0.147. The van der Waals surface area contributed by atoms with Crippen LogP contribution in [0.25, 0.3) is 0 Å². The summed E-state index contributed by atoms with van der Waals surface area (Å²) in [7, 11) is -3.53. The van der Waals surface area contributed by atoms with Crippen LogP contribution in [0, 0.1) is 22.7 Å². The molecule has 1 aliphatic heterocycles. The van der Waals surface area contributed by atoms with Gasteiger partial charge in [-0.2, -0.15) is 0 Å². The van der Waals surface area contributed by atoms with Gasteiger partial charge in [-0.1, -0.05) is 32.1 Å². The van der Waals surface area contributed by atoms with Gasteiger partial charge in [0.05, 0.1) is 17.7 Å². The number of nitrogens with zero attached hydrogens (tertiary/aromatic N) is 1. The minimum atomic E-state index is -3.53. The minimum Gasteiger partial charge on any atom is -0.273 e. The average molecular weight is 337 g/mol. The second-order valence-electron chi connectivity index (χ2n) is 7.91. The zero-order valence-electron chi connectivity index (χ0n) is 14.3. The Bertz CT molecular complexity index is 664. The van der Waals surface area contributed by atoms with Crippen molar-refractivity contribution < 1.29 is 13.2 Å². The van der Waals surface area contributed by atoms with E-state index in [-0.39, 0.29) is 28.5 Å². The molecule has 4 nitrogen and oxygen atoms in total. The topological polar surface area (TPSA) is 54.5 Å². The van der Waals surface area contributed by atoms with Gasteiger partial charge >= 0.3 is 0 Å². The van der Waals surface area contributed by atoms with Gasteiger partial charge in [0.1, 0.15) is 0 Å². The Kier molecular flexibility index (Phi) is 3.79. The number of amides is 1. The Morgan fingerprint density at radius 2 is 2.13 bits per heavy atom. The SMILES string of the molecule is C=CC[C@@H](/C=C\C)C(=O)N1[C@H]2C[C@@H]3CC[C@@]2(CS1(=O)=O)C3(C)C. The molecule has 0 unspecified atom stereocenters. The van der Waals surface area contributed by atoms with Crippen molar-refractivity contribution in [3.05, 3.63) is 24.8 Å². The first-order valence-electron chi connectivity index (χ1n) is 8.51. The molecule has 2 aliphatic carbocycles. The zero-order chi connectivity index (χ0) is 17.0. The molecule has 2 bridgehead atoms. The Morgan fingerprint density at radius 3 is 2.70 bits per heavy atom. The molecule has 1 spiro atoms. The Morgan fingerprint density at radius 1 is 1.43 bits per heavy atom. The summed E-state index contributed by atoms with van der Waals surface area (Å²) < 4.78 is 27.0. The van der Waals surface area contributed by atoms with Gasteiger partial charge in [0.15, 0.2) is 0 Å². The summed E-state index contributed by atoms with van der Waals surface area (Å²) in [5.41, 5.74) is -0.255. The van der Waals surface area contributed by atoms with Gasteiger partial charge in [-0.25, -0.2) is 12.7 Å². The number of carbonyl (C=O) groups excluding carboxylic acids is 1. The van der Waals surface area contributed by atoms with Crippen LogP contribution in [0.15, 0.2) is 24.8 Å². The van der Waals surface area contributed by atoms with E-state index in [9.17, 15) is 13.2 Å². The largest absolute Gasteiger partial charge is 0.273 e. The fraction of sp³-hybridized carbons (Fsp3) is 0.722. The average Bonchev–Trinajstić information content (AvgIpc) is 2.93. The highest BCUT2D eigenvalue weighted by atomic mass is 32.2. The van der Waals surface area contributed by atoms with Gasteiger partial charge in [-0.3, -0.25) is 4.79 Å². The van der Waals surface area contributed by atoms with Crippen LogP contribution in [0.5, 0.6) is 0 Å². The molecule has 1 amide bonds. The molecule has 0 radical (unpaired) electrons. The van der Waals surface area contributed by atoms with Gasteiger partial charge in [0.25, 0.3) is 0 Å². The molecule has 3 rings (SSSR count). The van der Waals surface area contributed by atoms with E-state index in [2.05, 4.69) is 20.4 Å². The fourth-order valence-electron chi connectivity index (χ4n) is 5.42. The Labute approximate surface area is 139 Å². The molecule has 0 aromatic carbocycles. The molecule has 23 heavy (non-hydrogen) atoms. The summed E-state index contributed by atoms with van der Waals surface area (Å²) >= 11 is 0. The number of sulfonamides is 1. The summed E-state index contributed by atoms with van der Waals surface area (Å²) in [6.07, 6.45) is 8.61. The standard InChI is InChI=1S/C18H27NO3S/c1-5-7-13(8-6-2)16(20)19-15-11-14-9-10-18(15,17(14,3)4)12-23(19,21)22/h5-6,8,13-15H,1,7,9-12H2,2-4H3/b8-6-/t13-,14-,15-,18-/m0/s1. The molecule has 3 aliphatic rings. The summed E-state index contributed by atoms with van der Waals surface area (Å²) in [4.78, 5) is 13.0. The molecule has 1 saturated heterocycles. The maximum absolute atomic E-state index is 13.0. The quantitative estimate of drug-likeness (QED) is 0.741. The van der Waals surface area contributed by atoms with E-state index >= 15 is 0 Å². The van der Waals surface area contributed by atoms with E-state index in [1.165, 1.54) is 4.31 Å². The van der Waals surface area contributed by atoms with Gasteiger partial charge < -0.3 is 0 Å². The molecule has 128 valence electrons. The Hall–Kier alpha value is -1.10. The van der Waals surface area contributed by atoms with Crippen LogP contribution in [0.1, 0.15) is 46.5 Å². The summed E-state index contributed by atoms with van der Waals surface area (Å²) in [5, 5.41) is 0. The first kappa shape index (κ1) is 16.7. The predicted molar refractivity (Wildman–Crippen MR) is 91.1 cm³/mol. The predicted octanol–water partition coefficient (Wildman–Crippen LogP) is 3.12. The van der Waals surface area contributed by atoms with E-state index < -0.39 is 15.9 Å². The summed E-state index contributed by atoms with van der Waals surface area (Å²) in [6.45, 7) is 9.94. The molecular formula is C18H27NO3S. The van der Waals surface area contributed by atoms with Crippen molar-refractivity contribution >= 4 is 15.9 Å². The van der Waals surface area contributed by atoms with E-state index in [1.807, 2.05) is 13.0 Å². The second-order valence-corrected chi connectivity index (χ2v) is 9.76. The maximum Gasteiger partial charge on any atom is 0.243 e. The van der Waals surface area contributed by atoms with Gasteiger partial charge in [0, 0.05) is 5.41 Å². The highest BCUT2D eigenvalue weighted by molar-refractivity contribution is 7.90. The highest BCUT2D eigenvalue weighted by Crippen LogP contribution is 2.70. The number of carbonyl (C=O) groups is 1. The Balaban J connectivity index is 2.00. The zero-order valence-corrected chi connectivity index (χ0v) is 15.1. The van der Waals surface area contributed by atoms with Crippen LogP contribution < -0.4 is 0 Å². The molecule has 1 heterocycles. The molecular weight excluding hydrogens is 310 g/mol.